The molecule has 3 atom stereocenters. The molecule has 0 radical (unpaired) electrons. The van der Waals surface area contributed by atoms with E-state index < -0.39 is 0 Å². The third-order valence-corrected chi connectivity index (χ3v) is 6.26. The maximum absolute atomic E-state index is 13.5. The number of hydrogen-bond donors (Lipinski definition) is 2. The first-order chi connectivity index (χ1) is 14.9. The maximum Gasteiger partial charge on any atom is 0.191 e. The highest BCUT2D eigenvalue weighted by Crippen LogP contribution is 2.33. The van der Waals surface area contributed by atoms with Crippen molar-refractivity contribution in [3.63, 3.8) is 0 Å². The lowest BCUT2D eigenvalue weighted by Gasteiger charge is -2.40. The first-order valence-electron chi connectivity index (χ1n) is 11.5. The van der Waals surface area contributed by atoms with E-state index in [2.05, 4.69) is 41.3 Å². The van der Waals surface area contributed by atoms with E-state index in [0.29, 0.717) is 12.5 Å². The van der Waals surface area contributed by atoms with E-state index in [1.165, 1.54) is 12.1 Å². The van der Waals surface area contributed by atoms with Crippen LogP contribution in [0.25, 0.3) is 0 Å². The Labute approximate surface area is 186 Å². The van der Waals surface area contributed by atoms with Gasteiger partial charge in [0.2, 0.25) is 0 Å². The standard InChI is InChI=1S/C24H39FN4O2/c1-24(2,3)22-19(6-5-13-31-22)16-27-23(26-4)28-17-21(29-11-14-30-15-12-29)18-7-9-20(25)10-8-18/h7-10,19,21-22H,5-6,11-17H2,1-4H3,(H2,26,27,28). The zero-order valence-corrected chi connectivity index (χ0v) is 19.5. The Balaban J connectivity index is 1.60. The summed E-state index contributed by atoms with van der Waals surface area (Å²) < 4.78 is 25.1. The van der Waals surface area contributed by atoms with Crippen LogP contribution in [-0.4, -0.2) is 70.0 Å². The Morgan fingerprint density at radius 1 is 1.16 bits per heavy atom. The number of aliphatic imine (C=N–C) groups is 1. The van der Waals surface area contributed by atoms with Gasteiger partial charge in [-0.2, -0.15) is 0 Å². The van der Waals surface area contributed by atoms with Gasteiger partial charge in [0.1, 0.15) is 5.82 Å². The first kappa shape index (κ1) is 24.0. The summed E-state index contributed by atoms with van der Waals surface area (Å²) in [4.78, 5) is 6.83. The van der Waals surface area contributed by atoms with E-state index in [4.69, 9.17) is 9.47 Å². The largest absolute Gasteiger partial charge is 0.379 e. The lowest BCUT2D eigenvalue weighted by molar-refractivity contribution is -0.0835. The van der Waals surface area contributed by atoms with Crippen LogP contribution in [0.2, 0.25) is 0 Å². The summed E-state index contributed by atoms with van der Waals surface area (Å²) in [7, 11) is 1.80. The van der Waals surface area contributed by atoms with Gasteiger partial charge in [0.05, 0.1) is 25.4 Å². The molecule has 0 amide bonds. The molecular weight excluding hydrogens is 395 g/mol. The van der Waals surface area contributed by atoms with Crippen LogP contribution in [0, 0.1) is 17.2 Å². The van der Waals surface area contributed by atoms with Crippen LogP contribution in [0.5, 0.6) is 0 Å². The molecule has 2 saturated heterocycles. The molecule has 3 unspecified atom stereocenters. The Bertz CT molecular complexity index is 699. The fraction of sp³-hybridized carbons (Fsp3) is 0.708. The van der Waals surface area contributed by atoms with Gasteiger partial charge < -0.3 is 20.1 Å². The molecule has 2 fully saturated rings. The topological polar surface area (TPSA) is 58.1 Å². The minimum Gasteiger partial charge on any atom is -0.379 e. The minimum absolute atomic E-state index is 0.119. The van der Waals surface area contributed by atoms with Crippen molar-refractivity contribution >= 4 is 5.96 Å². The van der Waals surface area contributed by atoms with Gasteiger partial charge in [-0.05, 0) is 36.0 Å². The number of nitrogens with zero attached hydrogens (tertiary/aromatic N) is 2. The summed E-state index contributed by atoms with van der Waals surface area (Å²) >= 11 is 0. The quantitative estimate of drug-likeness (QED) is 0.532. The summed E-state index contributed by atoms with van der Waals surface area (Å²) in [6.07, 6.45) is 2.51. The van der Waals surface area contributed by atoms with Gasteiger partial charge >= 0.3 is 0 Å². The van der Waals surface area contributed by atoms with Gasteiger partial charge in [-0.3, -0.25) is 9.89 Å². The van der Waals surface area contributed by atoms with Crippen molar-refractivity contribution in [1.29, 1.82) is 0 Å². The molecule has 31 heavy (non-hydrogen) atoms. The zero-order chi connectivity index (χ0) is 22.3. The molecule has 0 aliphatic carbocycles. The van der Waals surface area contributed by atoms with Crippen LogP contribution in [0.4, 0.5) is 4.39 Å². The second kappa shape index (κ2) is 11.2. The summed E-state index contributed by atoms with van der Waals surface area (Å²) in [5.41, 5.74) is 1.22. The molecule has 0 aromatic heterocycles. The van der Waals surface area contributed by atoms with E-state index in [1.54, 1.807) is 7.05 Å². The van der Waals surface area contributed by atoms with Crippen LogP contribution in [-0.2, 0) is 9.47 Å². The van der Waals surface area contributed by atoms with Crippen LogP contribution >= 0.6 is 0 Å². The number of benzene rings is 1. The number of rotatable bonds is 6. The van der Waals surface area contributed by atoms with Crippen molar-refractivity contribution in [2.24, 2.45) is 16.3 Å². The van der Waals surface area contributed by atoms with Crippen LogP contribution in [0.1, 0.15) is 45.2 Å². The van der Waals surface area contributed by atoms with Crippen molar-refractivity contribution in [3.05, 3.63) is 35.6 Å². The maximum atomic E-state index is 13.5. The average molecular weight is 435 g/mol. The average Bonchev–Trinajstić information content (AvgIpc) is 2.77. The van der Waals surface area contributed by atoms with Gasteiger partial charge in [0.15, 0.2) is 5.96 Å². The van der Waals surface area contributed by atoms with Gasteiger partial charge in [-0.1, -0.05) is 32.9 Å². The van der Waals surface area contributed by atoms with E-state index in [0.717, 1.165) is 63.8 Å². The molecular formula is C24H39FN4O2. The molecule has 0 spiro atoms. The molecule has 2 heterocycles. The molecule has 6 nitrogen and oxygen atoms in total. The summed E-state index contributed by atoms with van der Waals surface area (Å²) in [5.74, 6) is 1.04. The molecule has 1 aromatic carbocycles. The smallest absolute Gasteiger partial charge is 0.191 e. The molecule has 1 aromatic rings. The number of halogens is 1. The molecule has 174 valence electrons. The number of morpholine rings is 1. The highest BCUT2D eigenvalue weighted by atomic mass is 19.1. The molecule has 0 saturated carbocycles. The highest BCUT2D eigenvalue weighted by Gasteiger charge is 2.35. The molecule has 2 N–H and O–H groups in total. The summed E-state index contributed by atoms with van der Waals surface area (Å²) in [6.45, 7) is 12.3. The number of hydrogen-bond acceptors (Lipinski definition) is 4. The van der Waals surface area contributed by atoms with Crippen LogP contribution in [0.15, 0.2) is 29.3 Å². The van der Waals surface area contributed by atoms with Crippen molar-refractivity contribution in [2.45, 2.75) is 45.8 Å². The summed E-state index contributed by atoms with van der Waals surface area (Å²) in [5, 5.41) is 7.01. The van der Waals surface area contributed by atoms with E-state index >= 15 is 0 Å². The van der Waals surface area contributed by atoms with Gasteiger partial charge in [-0.15, -0.1) is 0 Å². The van der Waals surface area contributed by atoms with Crippen molar-refractivity contribution in [1.82, 2.24) is 15.5 Å². The van der Waals surface area contributed by atoms with E-state index in [1.807, 2.05) is 12.1 Å². The number of nitrogens with one attached hydrogen (secondary N) is 2. The Hall–Kier alpha value is -1.70. The molecule has 3 rings (SSSR count). The van der Waals surface area contributed by atoms with Crippen molar-refractivity contribution in [2.75, 3.05) is 53.0 Å². The lowest BCUT2D eigenvalue weighted by atomic mass is 9.78. The fourth-order valence-electron chi connectivity index (χ4n) is 4.68. The molecule has 2 aliphatic rings. The third kappa shape index (κ3) is 6.89. The fourth-order valence-corrected chi connectivity index (χ4v) is 4.68. The van der Waals surface area contributed by atoms with Crippen molar-refractivity contribution in [3.8, 4) is 0 Å². The second-order valence-electron chi connectivity index (χ2n) is 9.61. The Morgan fingerprint density at radius 3 is 2.52 bits per heavy atom. The zero-order valence-electron chi connectivity index (χ0n) is 19.5. The molecule has 2 aliphatic heterocycles. The van der Waals surface area contributed by atoms with E-state index in [-0.39, 0.29) is 23.4 Å². The number of ether oxygens (including phenoxy) is 2. The van der Waals surface area contributed by atoms with Crippen LogP contribution < -0.4 is 10.6 Å². The second-order valence-corrected chi connectivity index (χ2v) is 9.61. The normalized spacial score (nSPS) is 24.6. The lowest BCUT2D eigenvalue weighted by Crippen LogP contribution is -2.49. The van der Waals surface area contributed by atoms with Gasteiger partial charge in [-0.25, -0.2) is 4.39 Å². The van der Waals surface area contributed by atoms with Crippen molar-refractivity contribution < 1.29 is 13.9 Å². The predicted molar refractivity (Wildman–Crippen MR) is 123 cm³/mol. The number of guanidine groups is 1. The Kier molecular flexibility index (Phi) is 8.69. The first-order valence-corrected chi connectivity index (χ1v) is 11.5. The summed E-state index contributed by atoms with van der Waals surface area (Å²) in [6, 6.07) is 6.95. The molecule has 0 bridgehead atoms. The van der Waals surface area contributed by atoms with E-state index in [9.17, 15) is 4.39 Å². The van der Waals surface area contributed by atoms with Crippen LogP contribution in [0.3, 0.4) is 0 Å². The Morgan fingerprint density at radius 2 is 1.87 bits per heavy atom. The SMILES string of the molecule is CN=C(NCC1CCCOC1C(C)(C)C)NCC(c1ccc(F)cc1)N1CCOCC1. The monoisotopic (exact) mass is 434 g/mol. The highest BCUT2D eigenvalue weighted by molar-refractivity contribution is 5.79. The van der Waals surface area contributed by atoms with Gasteiger partial charge in [0.25, 0.3) is 0 Å². The third-order valence-electron chi connectivity index (χ3n) is 6.26. The predicted octanol–water partition coefficient (Wildman–Crippen LogP) is 3.21. The minimum atomic E-state index is -0.210. The van der Waals surface area contributed by atoms with Gasteiger partial charge in [0, 0.05) is 45.8 Å². The molecule has 7 heteroatoms.